The maximum Gasteiger partial charge on any atom is 0.168 e. The Kier molecular flexibility index (Phi) is 2.77. The van der Waals surface area contributed by atoms with Crippen LogP contribution in [0.3, 0.4) is 0 Å². The summed E-state index contributed by atoms with van der Waals surface area (Å²) in [5, 5.41) is 26.7. The number of hydrogen-bond acceptors (Lipinski definition) is 3. The maximum atomic E-state index is 10.6. The van der Waals surface area contributed by atoms with E-state index in [0.717, 1.165) is 0 Å². The summed E-state index contributed by atoms with van der Waals surface area (Å²) < 4.78 is 0. The number of para-hydroxylation sites is 1. The van der Waals surface area contributed by atoms with Crippen LogP contribution in [0.25, 0.3) is 0 Å². The first kappa shape index (κ1) is 8.68. The zero-order chi connectivity index (χ0) is 8.97. The topological polar surface area (TPSA) is 71.5 Å². The number of benzene rings is 1. The van der Waals surface area contributed by atoms with Crippen LogP contribution < -0.4 is 5.23 Å². The third-order valence-corrected chi connectivity index (χ3v) is 1.52. The van der Waals surface area contributed by atoms with Crippen molar-refractivity contribution in [2.45, 2.75) is 6.42 Å². The fourth-order valence-electron chi connectivity index (χ4n) is 0.968. The van der Waals surface area contributed by atoms with E-state index in [1.165, 1.54) is 6.07 Å². The molecule has 0 fully saturated rings. The minimum Gasteiger partial charge on any atom is -0.595 e. The standard InChI is InChI=1S/C8H8N2O2/c9-6-5-7-3-1-2-4-8(7)10(11)12/h1-4,10-11H,5H2. The van der Waals surface area contributed by atoms with E-state index in [2.05, 4.69) is 0 Å². The Balaban J connectivity index is 3.02. The van der Waals surface area contributed by atoms with Gasteiger partial charge in [0.15, 0.2) is 5.69 Å². The van der Waals surface area contributed by atoms with E-state index in [9.17, 15) is 5.21 Å². The molecular weight excluding hydrogens is 156 g/mol. The molecule has 4 nitrogen and oxygen atoms in total. The van der Waals surface area contributed by atoms with Crippen LogP contribution in [0.4, 0.5) is 5.69 Å². The van der Waals surface area contributed by atoms with Crippen molar-refractivity contribution in [2.75, 3.05) is 0 Å². The summed E-state index contributed by atoms with van der Waals surface area (Å²) in [6, 6.07) is 8.42. The lowest BCUT2D eigenvalue weighted by molar-refractivity contribution is -0.991. The summed E-state index contributed by atoms with van der Waals surface area (Å²) in [5.74, 6) is 0. The molecule has 1 aromatic rings. The van der Waals surface area contributed by atoms with Crippen molar-refractivity contribution in [2.24, 2.45) is 0 Å². The normalized spacial score (nSPS) is 12.1. The summed E-state index contributed by atoms with van der Waals surface area (Å²) in [4.78, 5) is 0. The van der Waals surface area contributed by atoms with E-state index in [4.69, 9.17) is 10.5 Å². The number of nitrogens with one attached hydrogen (secondary N) is 1. The van der Waals surface area contributed by atoms with Crippen molar-refractivity contribution < 1.29 is 10.4 Å². The number of hydrogen-bond donors (Lipinski definition) is 2. The fourth-order valence-corrected chi connectivity index (χ4v) is 0.968. The van der Waals surface area contributed by atoms with E-state index in [-0.39, 0.29) is 12.1 Å². The van der Waals surface area contributed by atoms with Gasteiger partial charge in [-0.25, -0.2) is 5.21 Å². The second-order valence-electron chi connectivity index (χ2n) is 2.30. The van der Waals surface area contributed by atoms with E-state index in [1.807, 2.05) is 6.07 Å². The largest absolute Gasteiger partial charge is 0.595 e. The smallest absolute Gasteiger partial charge is 0.168 e. The highest BCUT2D eigenvalue weighted by molar-refractivity contribution is 5.40. The molecule has 0 aromatic heterocycles. The van der Waals surface area contributed by atoms with Gasteiger partial charge < -0.3 is 5.21 Å². The lowest BCUT2D eigenvalue weighted by Crippen LogP contribution is -2.99. The van der Waals surface area contributed by atoms with Crippen LogP contribution in [0, 0.1) is 16.5 Å². The monoisotopic (exact) mass is 164 g/mol. The zero-order valence-electron chi connectivity index (χ0n) is 6.32. The van der Waals surface area contributed by atoms with E-state index >= 15 is 0 Å². The second-order valence-corrected chi connectivity index (χ2v) is 2.30. The van der Waals surface area contributed by atoms with E-state index in [1.54, 1.807) is 18.2 Å². The summed E-state index contributed by atoms with van der Waals surface area (Å²) in [6.07, 6.45) is 0.141. The lowest BCUT2D eigenvalue weighted by atomic mass is 10.1. The molecule has 0 aliphatic carbocycles. The van der Waals surface area contributed by atoms with Crippen molar-refractivity contribution in [1.29, 1.82) is 5.26 Å². The average Bonchev–Trinajstić information content (AvgIpc) is 2.05. The molecule has 0 spiro atoms. The summed E-state index contributed by atoms with van der Waals surface area (Å²) in [5.41, 5.74) is 0.770. The predicted molar refractivity (Wildman–Crippen MR) is 41.5 cm³/mol. The van der Waals surface area contributed by atoms with Crippen molar-refractivity contribution in [3.63, 3.8) is 0 Å². The van der Waals surface area contributed by atoms with Gasteiger partial charge in [0.05, 0.1) is 12.5 Å². The quantitative estimate of drug-likeness (QED) is 0.611. The van der Waals surface area contributed by atoms with Crippen LogP contribution in [0.5, 0.6) is 0 Å². The third kappa shape index (κ3) is 1.80. The maximum absolute atomic E-state index is 10.6. The van der Waals surface area contributed by atoms with Gasteiger partial charge in [-0.05, 0) is 0 Å². The van der Waals surface area contributed by atoms with Crippen LogP contribution in [-0.4, -0.2) is 5.21 Å². The first-order valence-electron chi connectivity index (χ1n) is 3.44. The molecule has 0 radical (unpaired) electrons. The summed E-state index contributed by atoms with van der Waals surface area (Å²) >= 11 is 0. The number of nitrogens with zero attached hydrogens (tertiary/aromatic N) is 1. The molecule has 0 amide bonds. The molecule has 4 heteroatoms. The highest BCUT2D eigenvalue weighted by Gasteiger charge is 2.05. The second kappa shape index (κ2) is 3.83. The molecule has 2 N–H and O–H groups in total. The lowest BCUT2D eigenvalue weighted by Gasteiger charge is -2.13. The molecule has 1 atom stereocenters. The van der Waals surface area contributed by atoms with Crippen molar-refractivity contribution in [3.8, 4) is 6.07 Å². The fraction of sp³-hybridized carbons (Fsp3) is 0.125. The molecule has 0 aliphatic rings. The Morgan fingerprint density at radius 3 is 2.75 bits per heavy atom. The zero-order valence-corrected chi connectivity index (χ0v) is 6.32. The average molecular weight is 164 g/mol. The Hall–Kier alpha value is -1.41. The first-order valence-corrected chi connectivity index (χ1v) is 3.44. The molecule has 62 valence electrons. The summed E-state index contributed by atoms with van der Waals surface area (Å²) in [6.45, 7) is 0. The number of quaternary nitrogens is 1. The molecule has 0 saturated carbocycles. The first-order chi connectivity index (χ1) is 5.75. The van der Waals surface area contributed by atoms with E-state index < -0.39 is 5.23 Å². The molecule has 0 aliphatic heterocycles. The molecule has 1 unspecified atom stereocenters. The molecule has 0 bridgehead atoms. The SMILES string of the molecule is N#CCc1ccccc1[NH+]([O-])O. The predicted octanol–water partition coefficient (Wildman–Crippen LogP) is 0.156. The van der Waals surface area contributed by atoms with E-state index in [0.29, 0.717) is 5.56 Å². The highest BCUT2D eigenvalue weighted by Crippen LogP contribution is 2.09. The van der Waals surface area contributed by atoms with Crippen LogP contribution in [0.15, 0.2) is 24.3 Å². The van der Waals surface area contributed by atoms with Gasteiger partial charge >= 0.3 is 0 Å². The Morgan fingerprint density at radius 1 is 1.50 bits per heavy atom. The van der Waals surface area contributed by atoms with Gasteiger partial charge in [-0.15, -0.1) is 0 Å². The van der Waals surface area contributed by atoms with Gasteiger partial charge in [-0.3, -0.25) is 0 Å². The minimum absolute atomic E-state index is 0.141. The van der Waals surface area contributed by atoms with Gasteiger partial charge in [-0.2, -0.15) is 10.5 Å². The Labute approximate surface area is 69.8 Å². The van der Waals surface area contributed by atoms with Gasteiger partial charge in [0, 0.05) is 11.6 Å². The van der Waals surface area contributed by atoms with Crippen LogP contribution >= 0.6 is 0 Å². The molecule has 0 heterocycles. The van der Waals surface area contributed by atoms with Crippen LogP contribution in [0.2, 0.25) is 0 Å². The van der Waals surface area contributed by atoms with Gasteiger partial charge in [-0.1, -0.05) is 18.2 Å². The molecular formula is C8H8N2O2. The Morgan fingerprint density at radius 2 is 2.17 bits per heavy atom. The van der Waals surface area contributed by atoms with Crippen molar-refractivity contribution >= 4 is 5.69 Å². The van der Waals surface area contributed by atoms with Crippen LogP contribution in [-0.2, 0) is 6.42 Å². The van der Waals surface area contributed by atoms with Crippen molar-refractivity contribution in [3.05, 3.63) is 35.0 Å². The van der Waals surface area contributed by atoms with Gasteiger partial charge in [0.1, 0.15) is 0 Å². The molecule has 12 heavy (non-hydrogen) atoms. The highest BCUT2D eigenvalue weighted by atomic mass is 16.8. The number of nitriles is 1. The van der Waals surface area contributed by atoms with Gasteiger partial charge in [0.25, 0.3) is 0 Å². The van der Waals surface area contributed by atoms with Gasteiger partial charge in [0.2, 0.25) is 0 Å². The van der Waals surface area contributed by atoms with Crippen molar-refractivity contribution in [1.82, 2.24) is 0 Å². The van der Waals surface area contributed by atoms with Crippen LogP contribution in [0.1, 0.15) is 5.56 Å². The third-order valence-electron chi connectivity index (χ3n) is 1.52. The minimum atomic E-state index is -0.985. The summed E-state index contributed by atoms with van der Waals surface area (Å²) in [7, 11) is 0. The number of rotatable bonds is 2. The molecule has 1 rings (SSSR count). The molecule has 1 aromatic carbocycles. The molecule has 0 saturated heterocycles. The Bertz CT molecular complexity index is 304.